The summed E-state index contributed by atoms with van der Waals surface area (Å²) in [5.74, 6) is -0.299. The van der Waals surface area contributed by atoms with Gasteiger partial charge in [-0.1, -0.05) is 0 Å². The van der Waals surface area contributed by atoms with Gasteiger partial charge >= 0.3 is 0 Å². The molecule has 0 atom stereocenters. The molecular formula is C14H13FOS. The molecule has 0 saturated carbocycles. The van der Waals surface area contributed by atoms with Crippen LogP contribution in [0.4, 0.5) is 4.39 Å². The molecule has 17 heavy (non-hydrogen) atoms. The molecule has 0 bridgehead atoms. The molecular weight excluding hydrogens is 235 g/mol. The smallest absolute Gasteiger partial charge is 0.203 e. The zero-order chi connectivity index (χ0) is 12.6. The number of carbonyl (C=O) groups excluding carboxylic acids is 1. The van der Waals surface area contributed by atoms with Crippen LogP contribution in [0.15, 0.2) is 23.6 Å². The number of halogens is 1. The molecule has 0 spiro atoms. The summed E-state index contributed by atoms with van der Waals surface area (Å²) in [7, 11) is 0. The van der Waals surface area contributed by atoms with E-state index < -0.39 is 0 Å². The Labute approximate surface area is 104 Å². The number of benzene rings is 1. The molecule has 3 heteroatoms. The first-order valence-corrected chi connectivity index (χ1v) is 6.24. The van der Waals surface area contributed by atoms with Crippen LogP contribution in [0.1, 0.15) is 31.9 Å². The Hall–Kier alpha value is -1.48. The largest absolute Gasteiger partial charge is 0.288 e. The minimum Gasteiger partial charge on any atom is -0.288 e. The molecule has 1 nitrogen and oxygen atoms in total. The van der Waals surface area contributed by atoms with Gasteiger partial charge in [0.05, 0.1) is 4.88 Å². The van der Waals surface area contributed by atoms with Crippen LogP contribution in [-0.2, 0) is 0 Å². The van der Waals surface area contributed by atoms with Gasteiger partial charge in [-0.25, -0.2) is 4.39 Å². The van der Waals surface area contributed by atoms with E-state index in [1.54, 1.807) is 13.8 Å². The molecule has 88 valence electrons. The lowest BCUT2D eigenvalue weighted by atomic mass is 9.97. The van der Waals surface area contributed by atoms with Crippen molar-refractivity contribution in [3.63, 3.8) is 0 Å². The molecule has 0 aliphatic rings. The first kappa shape index (κ1) is 12.0. The van der Waals surface area contributed by atoms with E-state index in [0.29, 0.717) is 16.7 Å². The standard InChI is InChI=1S/C14H13FOS/c1-8-4-5-17-14(8)13(16)12-9(2)6-11(15)7-10(12)3/h4-7H,1-3H3. The van der Waals surface area contributed by atoms with Crippen molar-refractivity contribution in [1.82, 2.24) is 0 Å². The van der Waals surface area contributed by atoms with Gasteiger partial charge in [0.25, 0.3) is 0 Å². The Morgan fingerprint density at radius 3 is 2.18 bits per heavy atom. The van der Waals surface area contributed by atoms with Gasteiger partial charge in [-0.15, -0.1) is 11.3 Å². The number of aryl methyl sites for hydroxylation is 3. The molecule has 0 amide bonds. The van der Waals surface area contributed by atoms with Crippen LogP contribution in [-0.4, -0.2) is 5.78 Å². The van der Waals surface area contributed by atoms with Crippen molar-refractivity contribution in [1.29, 1.82) is 0 Å². The second-order valence-corrected chi connectivity index (χ2v) is 5.09. The molecule has 0 radical (unpaired) electrons. The normalized spacial score (nSPS) is 10.6. The third-order valence-electron chi connectivity index (χ3n) is 2.79. The highest BCUT2D eigenvalue weighted by Gasteiger charge is 2.18. The van der Waals surface area contributed by atoms with Gasteiger partial charge in [-0.05, 0) is 61.0 Å². The van der Waals surface area contributed by atoms with Gasteiger partial charge < -0.3 is 0 Å². The van der Waals surface area contributed by atoms with Gasteiger partial charge in [0.2, 0.25) is 5.78 Å². The predicted octanol–water partition coefficient (Wildman–Crippen LogP) is 4.04. The second-order valence-electron chi connectivity index (χ2n) is 4.18. The van der Waals surface area contributed by atoms with Crippen molar-refractivity contribution in [3.8, 4) is 0 Å². The van der Waals surface area contributed by atoms with Crippen LogP contribution in [0.3, 0.4) is 0 Å². The highest BCUT2D eigenvalue weighted by Crippen LogP contribution is 2.24. The number of carbonyl (C=O) groups is 1. The number of ketones is 1. The fraction of sp³-hybridized carbons (Fsp3) is 0.214. The molecule has 1 heterocycles. The van der Waals surface area contributed by atoms with E-state index in [0.717, 1.165) is 10.4 Å². The Bertz CT molecular complexity index is 561. The van der Waals surface area contributed by atoms with Crippen LogP contribution in [0.5, 0.6) is 0 Å². The summed E-state index contributed by atoms with van der Waals surface area (Å²) in [4.78, 5) is 13.1. The molecule has 2 aromatic rings. The number of rotatable bonds is 2. The molecule has 0 fully saturated rings. The average molecular weight is 248 g/mol. The first-order valence-electron chi connectivity index (χ1n) is 5.36. The van der Waals surface area contributed by atoms with Crippen molar-refractivity contribution in [3.05, 3.63) is 56.5 Å². The predicted molar refractivity (Wildman–Crippen MR) is 68.4 cm³/mol. The van der Waals surface area contributed by atoms with Crippen molar-refractivity contribution in [2.24, 2.45) is 0 Å². The number of thiophene rings is 1. The lowest BCUT2D eigenvalue weighted by molar-refractivity contribution is 0.104. The summed E-state index contributed by atoms with van der Waals surface area (Å²) in [6.45, 7) is 5.45. The van der Waals surface area contributed by atoms with Gasteiger partial charge in [0, 0.05) is 5.56 Å². The van der Waals surface area contributed by atoms with E-state index >= 15 is 0 Å². The monoisotopic (exact) mass is 248 g/mol. The van der Waals surface area contributed by atoms with E-state index in [-0.39, 0.29) is 11.6 Å². The van der Waals surface area contributed by atoms with Crippen LogP contribution >= 0.6 is 11.3 Å². The third kappa shape index (κ3) is 2.15. The van der Waals surface area contributed by atoms with Crippen LogP contribution in [0.2, 0.25) is 0 Å². The van der Waals surface area contributed by atoms with E-state index in [9.17, 15) is 9.18 Å². The molecule has 0 N–H and O–H groups in total. The molecule has 0 saturated heterocycles. The fourth-order valence-electron chi connectivity index (χ4n) is 1.99. The number of hydrogen-bond acceptors (Lipinski definition) is 2. The van der Waals surface area contributed by atoms with Gasteiger partial charge in [-0.2, -0.15) is 0 Å². The van der Waals surface area contributed by atoms with Crippen LogP contribution < -0.4 is 0 Å². The molecule has 0 aliphatic heterocycles. The highest BCUT2D eigenvalue weighted by molar-refractivity contribution is 7.12. The minimum absolute atomic E-state index is 0.00694. The average Bonchev–Trinajstić information content (AvgIpc) is 2.62. The Morgan fingerprint density at radius 1 is 1.12 bits per heavy atom. The van der Waals surface area contributed by atoms with Crippen molar-refractivity contribution >= 4 is 17.1 Å². The lowest BCUT2D eigenvalue weighted by Gasteiger charge is -2.08. The maximum Gasteiger partial charge on any atom is 0.203 e. The SMILES string of the molecule is Cc1ccsc1C(=O)c1c(C)cc(F)cc1C. The zero-order valence-corrected chi connectivity index (χ0v) is 10.8. The van der Waals surface area contributed by atoms with Crippen LogP contribution in [0.25, 0.3) is 0 Å². The number of hydrogen-bond donors (Lipinski definition) is 0. The summed E-state index contributed by atoms with van der Waals surface area (Å²) in [6.07, 6.45) is 0. The minimum atomic E-state index is -0.292. The van der Waals surface area contributed by atoms with E-state index in [4.69, 9.17) is 0 Å². The Balaban J connectivity index is 2.56. The highest BCUT2D eigenvalue weighted by atomic mass is 32.1. The zero-order valence-electron chi connectivity index (χ0n) is 10.0. The molecule has 2 rings (SSSR count). The van der Waals surface area contributed by atoms with Gasteiger partial charge in [0.15, 0.2) is 0 Å². The molecule has 0 aliphatic carbocycles. The summed E-state index contributed by atoms with van der Waals surface area (Å²) in [5, 5.41) is 1.90. The maximum atomic E-state index is 13.2. The molecule has 1 aromatic carbocycles. The summed E-state index contributed by atoms with van der Waals surface area (Å²) in [5.41, 5.74) is 2.99. The Morgan fingerprint density at radius 2 is 1.71 bits per heavy atom. The fourth-order valence-corrected chi connectivity index (χ4v) is 2.86. The summed E-state index contributed by atoms with van der Waals surface area (Å²) < 4.78 is 13.2. The van der Waals surface area contributed by atoms with Crippen molar-refractivity contribution in [2.45, 2.75) is 20.8 Å². The van der Waals surface area contributed by atoms with Crippen molar-refractivity contribution < 1.29 is 9.18 Å². The Kier molecular flexibility index (Phi) is 3.11. The van der Waals surface area contributed by atoms with Crippen molar-refractivity contribution in [2.75, 3.05) is 0 Å². The van der Waals surface area contributed by atoms with E-state index in [1.165, 1.54) is 23.5 Å². The second kappa shape index (κ2) is 4.41. The first-order chi connectivity index (χ1) is 8.00. The van der Waals surface area contributed by atoms with Crippen LogP contribution in [0, 0.1) is 26.6 Å². The van der Waals surface area contributed by atoms with E-state index in [2.05, 4.69) is 0 Å². The maximum absolute atomic E-state index is 13.2. The summed E-state index contributed by atoms with van der Waals surface area (Å²) in [6, 6.07) is 4.73. The quantitative estimate of drug-likeness (QED) is 0.733. The third-order valence-corrected chi connectivity index (χ3v) is 3.81. The molecule has 1 aromatic heterocycles. The van der Waals surface area contributed by atoms with Gasteiger partial charge in [-0.3, -0.25) is 4.79 Å². The topological polar surface area (TPSA) is 17.1 Å². The summed E-state index contributed by atoms with van der Waals surface area (Å²) >= 11 is 1.43. The lowest BCUT2D eigenvalue weighted by Crippen LogP contribution is -2.06. The van der Waals surface area contributed by atoms with Gasteiger partial charge in [0.1, 0.15) is 5.82 Å². The van der Waals surface area contributed by atoms with E-state index in [1.807, 2.05) is 18.4 Å². The molecule has 0 unspecified atom stereocenters.